The molecule has 0 spiro atoms. The molecule has 0 aliphatic heterocycles. The van der Waals surface area contributed by atoms with Crippen molar-refractivity contribution < 1.29 is 13.6 Å². The molecule has 4 aromatic rings. The first-order valence-electron chi connectivity index (χ1n) is 8.75. The van der Waals surface area contributed by atoms with Crippen molar-refractivity contribution in [3.63, 3.8) is 0 Å². The standard InChI is InChI=1S/C21H15F2N3O2S/c1-12(19(27)25-16-8-6-15(23)7-9-16)26-11-24-20-18(21(26)28)17(10-29-20)13-2-4-14(22)5-3-13/h2-12H,1H3,(H,25,27)/t12-/m0/s1. The molecule has 5 nitrogen and oxygen atoms in total. The Labute approximate surface area is 168 Å². The average Bonchev–Trinajstić information content (AvgIpc) is 3.15. The number of rotatable bonds is 4. The first-order valence-corrected chi connectivity index (χ1v) is 9.62. The molecule has 0 fully saturated rings. The molecule has 8 heteroatoms. The van der Waals surface area contributed by atoms with Gasteiger partial charge in [-0.2, -0.15) is 0 Å². The van der Waals surface area contributed by atoms with Crippen molar-refractivity contribution in [3.05, 3.63) is 82.2 Å². The molecule has 0 aliphatic rings. The van der Waals surface area contributed by atoms with Gasteiger partial charge in [-0.3, -0.25) is 14.2 Å². The van der Waals surface area contributed by atoms with E-state index in [0.29, 0.717) is 27.0 Å². The lowest BCUT2D eigenvalue weighted by Gasteiger charge is -2.15. The number of aromatic nitrogens is 2. The van der Waals surface area contributed by atoms with Crippen LogP contribution >= 0.6 is 11.3 Å². The predicted molar refractivity (Wildman–Crippen MR) is 109 cm³/mol. The maximum Gasteiger partial charge on any atom is 0.263 e. The summed E-state index contributed by atoms with van der Waals surface area (Å²) in [6.45, 7) is 1.58. The van der Waals surface area contributed by atoms with E-state index in [0.717, 1.165) is 0 Å². The Morgan fingerprint density at radius 3 is 2.34 bits per heavy atom. The fourth-order valence-corrected chi connectivity index (χ4v) is 3.88. The number of thiophene rings is 1. The number of hydrogen-bond acceptors (Lipinski definition) is 4. The highest BCUT2D eigenvalue weighted by Gasteiger charge is 2.20. The quantitative estimate of drug-likeness (QED) is 0.534. The van der Waals surface area contributed by atoms with Crippen LogP contribution in [0.25, 0.3) is 21.3 Å². The van der Waals surface area contributed by atoms with Gasteiger partial charge in [0.25, 0.3) is 5.56 Å². The summed E-state index contributed by atoms with van der Waals surface area (Å²) in [6, 6.07) is 10.4. The van der Waals surface area contributed by atoms with Crippen LogP contribution in [0, 0.1) is 11.6 Å². The zero-order valence-corrected chi connectivity index (χ0v) is 16.0. The monoisotopic (exact) mass is 411 g/mol. The Morgan fingerprint density at radius 2 is 1.69 bits per heavy atom. The highest BCUT2D eigenvalue weighted by molar-refractivity contribution is 7.17. The molecule has 29 heavy (non-hydrogen) atoms. The number of nitrogens with zero attached hydrogens (tertiary/aromatic N) is 2. The molecule has 1 amide bonds. The van der Waals surface area contributed by atoms with Crippen molar-refractivity contribution in [2.75, 3.05) is 5.32 Å². The van der Waals surface area contributed by atoms with Crippen molar-refractivity contribution in [1.29, 1.82) is 0 Å². The SMILES string of the molecule is C[C@@H](C(=O)Nc1ccc(F)cc1)n1cnc2scc(-c3ccc(F)cc3)c2c1=O. The van der Waals surface area contributed by atoms with Gasteiger partial charge in [0.2, 0.25) is 5.91 Å². The van der Waals surface area contributed by atoms with Crippen LogP contribution in [0.15, 0.2) is 65.0 Å². The highest BCUT2D eigenvalue weighted by atomic mass is 32.1. The maximum absolute atomic E-state index is 13.2. The van der Waals surface area contributed by atoms with Gasteiger partial charge in [-0.05, 0) is 48.9 Å². The second-order valence-corrected chi connectivity index (χ2v) is 7.32. The minimum Gasteiger partial charge on any atom is -0.324 e. The summed E-state index contributed by atoms with van der Waals surface area (Å²) >= 11 is 1.31. The van der Waals surface area contributed by atoms with Gasteiger partial charge < -0.3 is 5.32 Å². The first kappa shape index (κ1) is 18.9. The number of fused-ring (bicyclic) bond motifs is 1. The van der Waals surface area contributed by atoms with Crippen LogP contribution in [0.2, 0.25) is 0 Å². The number of carbonyl (C=O) groups is 1. The van der Waals surface area contributed by atoms with E-state index < -0.39 is 17.8 Å². The number of nitrogens with one attached hydrogen (secondary N) is 1. The minimum atomic E-state index is -0.842. The van der Waals surface area contributed by atoms with E-state index in [2.05, 4.69) is 10.3 Å². The van der Waals surface area contributed by atoms with Crippen molar-refractivity contribution >= 4 is 33.1 Å². The molecule has 0 unspecified atom stereocenters. The van der Waals surface area contributed by atoms with Crippen molar-refractivity contribution in [1.82, 2.24) is 9.55 Å². The summed E-state index contributed by atoms with van der Waals surface area (Å²) in [4.78, 5) is 30.5. The molecule has 4 rings (SSSR count). The third-order valence-corrected chi connectivity index (χ3v) is 5.47. The average molecular weight is 411 g/mol. The molecule has 1 N–H and O–H groups in total. The Balaban J connectivity index is 1.70. The lowest BCUT2D eigenvalue weighted by atomic mass is 10.1. The number of hydrogen-bond donors (Lipinski definition) is 1. The zero-order chi connectivity index (χ0) is 20.5. The number of anilines is 1. The summed E-state index contributed by atoms with van der Waals surface area (Å²) in [7, 11) is 0. The molecule has 0 radical (unpaired) electrons. The van der Waals surface area contributed by atoms with Crippen molar-refractivity contribution in [2.24, 2.45) is 0 Å². The Morgan fingerprint density at radius 1 is 1.07 bits per heavy atom. The molecular formula is C21H15F2N3O2S. The van der Waals surface area contributed by atoms with E-state index in [4.69, 9.17) is 0 Å². The molecule has 2 aromatic heterocycles. The molecule has 2 aromatic carbocycles. The molecule has 0 saturated heterocycles. The second kappa shape index (κ2) is 7.56. The zero-order valence-electron chi connectivity index (χ0n) is 15.2. The van der Waals surface area contributed by atoms with Gasteiger partial charge in [0.15, 0.2) is 0 Å². The first-order chi connectivity index (χ1) is 13.9. The van der Waals surface area contributed by atoms with E-state index in [1.165, 1.54) is 58.6 Å². The van der Waals surface area contributed by atoms with Gasteiger partial charge in [-0.15, -0.1) is 11.3 Å². The largest absolute Gasteiger partial charge is 0.324 e. The Kier molecular flexibility index (Phi) is 4.94. The van der Waals surface area contributed by atoms with Gasteiger partial charge in [0, 0.05) is 16.6 Å². The number of amides is 1. The van der Waals surface area contributed by atoms with Crippen molar-refractivity contribution in [3.8, 4) is 11.1 Å². The maximum atomic E-state index is 13.2. The van der Waals surface area contributed by atoms with Crippen LogP contribution in [0.3, 0.4) is 0 Å². The van der Waals surface area contributed by atoms with E-state index in [9.17, 15) is 18.4 Å². The van der Waals surface area contributed by atoms with E-state index in [-0.39, 0.29) is 11.4 Å². The topological polar surface area (TPSA) is 64.0 Å². The molecule has 0 bridgehead atoms. The summed E-state index contributed by atoms with van der Waals surface area (Å²) in [5.74, 6) is -1.21. The van der Waals surface area contributed by atoms with E-state index in [1.54, 1.807) is 24.4 Å². The van der Waals surface area contributed by atoms with Crippen LogP contribution in [-0.2, 0) is 4.79 Å². The summed E-state index contributed by atoms with van der Waals surface area (Å²) < 4.78 is 27.5. The molecule has 0 aliphatic carbocycles. The summed E-state index contributed by atoms with van der Waals surface area (Å²) in [6.07, 6.45) is 1.34. The lowest BCUT2D eigenvalue weighted by molar-refractivity contribution is -0.118. The van der Waals surface area contributed by atoms with E-state index >= 15 is 0 Å². The van der Waals surface area contributed by atoms with Crippen LogP contribution in [0.1, 0.15) is 13.0 Å². The van der Waals surface area contributed by atoms with Crippen LogP contribution < -0.4 is 10.9 Å². The van der Waals surface area contributed by atoms with Gasteiger partial charge >= 0.3 is 0 Å². The normalized spacial score (nSPS) is 12.1. The Bertz CT molecular complexity index is 1250. The van der Waals surface area contributed by atoms with Crippen molar-refractivity contribution in [2.45, 2.75) is 13.0 Å². The third-order valence-electron chi connectivity index (χ3n) is 4.58. The highest BCUT2D eigenvalue weighted by Crippen LogP contribution is 2.31. The predicted octanol–water partition coefficient (Wildman–Crippen LogP) is 4.60. The van der Waals surface area contributed by atoms with Gasteiger partial charge in [-0.1, -0.05) is 12.1 Å². The number of benzene rings is 2. The molecule has 1 atom stereocenters. The lowest BCUT2D eigenvalue weighted by Crippen LogP contribution is -2.31. The van der Waals surface area contributed by atoms with Gasteiger partial charge in [-0.25, -0.2) is 13.8 Å². The fraction of sp³-hybridized carbons (Fsp3) is 0.0952. The molecule has 2 heterocycles. The molecule has 0 saturated carbocycles. The summed E-state index contributed by atoms with van der Waals surface area (Å²) in [5.41, 5.74) is 1.39. The fourth-order valence-electron chi connectivity index (χ4n) is 2.97. The van der Waals surface area contributed by atoms with Gasteiger partial charge in [0.05, 0.1) is 11.7 Å². The van der Waals surface area contributed by atoms with Crippen LogP contribution in [0.5, 0.6) is 0 Å². The third kappa shape index (κ3) is 3.66. The Hall–Kier alpha value is -3.39. The molecule has 146 valence electrons. The smallest absolute Gasteiger partial charge is 0.263 e. The number of halogens is 2. The second-order valence-electron chi connectivity index (χ2n) is 6.47. The molecular weight excluding hydrogens is 396 g/mol. The van der Waals surface area contributed by atoms with E-state index in [1.807, 2.05) is 0 Å². The van der Waals surface area contributed by atoms with Gasteiger partial charge in [0.1, 0.15) is 22.5 Å². The van der Waals surface area contributed by atoms with Crippen LogP contribution in [0.4, 0.5) is 14.5 Å². The number of carbonyl (C=O) groups excluding carboxylic acids is 1. The minimum absolute atomic E-state index is 0.364. The van der Waals surface area contributed by atoms with Crippen LogP contribution in [-0.4, -0.2) is 15.5 Å². The summed E-state index contributed by atoms with van der Waals surface area (Å²) in [5, 5.41) is 4.83.